The van der Waals surface area contributed by atoms with Crippen LogP contribution in [0.3, 0.4) is 0 Å². The molecule has 0 fully saturated rings. The lowest BCUT2D eigenvalue weighted by atomic mass is 10.1. The quantitative estimate of drug-likeness (QED) is 0.654. The number of aliphatic carboxylic acids is 2. The van der Waals surface area contributed by atoms with Gasteiger partial charge in [-0.1, -0.05) is 18.2 Å². The van der Waals surface area contributed by atoms with Gasteiger partial charge in [-0.15, -0.1) is 0 Å². The summed E-state index contributed by atoms with van der Waals surface area (Å²) in [6.07, 6.45) is -0.517. The van der Waals surface area contributed by atoms with Crippen LogP contribution in [0.2, 0.25) is 0 Å². The van der Waals surface area contributed by atoms with E-state index in [4.69, 9.17) is 14.9 Å². The van der Waals surface area contributed by atoms with E-state index >= 15 is 0 Å². The van der Waals surface area contributed by atoms with Crippen molar-refractivity contribution in [2.75, 3.05) is 6.61 Å². The molecule has 0 saturated heterocycles. The van der Waals surface area contributed by atoms with E-state index in [-0.39, 0.29) is 19.4 Å². The lowest BCUT2D eigenvalue weighted by Crippen LogP contribution is -2.43. The highest BCUT2D eigenvalue weighted by Gasteiger charge is 2.21. The Morgan fingerprint density at radius 3 is 2.48 bits per heavy atom. The van der Waals surface area contributed by atoms with Gasteiger partial charge >= 0.3 is 11.9 Å². The molecule has 1 aromatic rings. The molecule has 1 rings (SSSR count). The third-order valence-electron chi connectivity index (χ3n) is 2.73. The average molecular weight is 295 g/mol. The molecule has 7 heteroatoms. The van der Waals surface area contributed by atoms with E-state index in [0.29, 0.717) is 5.75 Å². The summed E-state index contributed by atoms with van der Waals surface area (Å²) < 4.78 is 5.28. The number of nitrogens with one attached hydrogen (secondary N) is 1. The second kappa shape index (κ2) is 7.88. The van der Waals surface area contributed by atoms with Gasteiger partial charge in [0.25, 0.3) is 5.91 Å². The van der Waals surface area contributed by atoms with E-state index in [0.717, 1.165) is 5.56 Å². The molecule has 0 aliphatic rings. The minimum Gasteiger partial charge on any atom is -0.484 e. The Hall–Kier alpha value is -2.57. The van der Waals surface area contributed by atoms with Crippen molar-refractivity contribution in [1.29, 1.82) is 0 Å². The number of ether oxygens (including phenoxy) is 1. The second-order valence-electron chi connectivity index (χ2n) is 4.44. The van der Waals surface area contributed by atoms with Gasteiger partial charge in [0, 0.05) is 6.42 Å². The standard InChI is InChI=1S/C14H17NO6/c1-9-4-2-3-5-11(9)21-8-12(16)15-10(14(19)20)6-7-13(17)18/h2-5,10H,6-8H2,1H3,(H,15,16)(H,17,18)(H,19,20)/t10-/m0/s1. The van der Waals surface area contributed by atoms with Gasteiger partial charge in [0.15, 0.2) is 6.61 Å². The van der Waals surface area contributed by atoms with Crippen LogP contribution >= 0.6 is 0 Å². The molecule has 0 radical (unpaired) electrons. The van der Waals surface area contributed by atoms with Crippen LogP contribution in [0.15, 0.2) is 24.3 Å². The van der Waals surface area contributed by atoms with E-state index in [1.807, 2.05) is 19.1 Å². The van der Waals surface area contributed by atoms with Gasteiger partial charge in [0.1, 0.15) is 11.8 Å². The van der Waals surface area contributed by atoms with Crippen LogP contribution < -0.4 is 10.1 Å². The van der Waals surface area contributed by atoms with Crippen LogP contribution in [0.25, 0.3) is 0 Å². The summed E-state index contributed by atoms with van der Waals surface area (Å²) >= 11 is 0. The molecule has 0 bridgehead atoms. The zero-order chi connectivity index (χ0) is 15.8. The molecule has 7 nitrogen and oxygen atoms in total. The molecule has 0 heterocycles. The summed E-state index contributed by atoms with van der Waals surface area (Å²) in [6, 6.07) is 5.86. The van der Waals surface area contributed by atoms with Gasteiger partial charge in [-0.3, -0.25) is 9.59 Å². The summed E-state index contributed by atoms with van der Waals surface area (Å²) in [4.78, 5) is 33.0. The first-order valence-corrected chi connectivity index (χ1v) is 6.32. The van der Waals surface area contributed by atoms with E-state index in [9.17, 15) is 14.4 Å². The van der Waals surface area contributed by atoms with Crippen molar-refractivity contribution in [3.63, 3.8) is 0 Å². The Kier molecular flexibility index (Phi) is 6.19. The molecule has 1 atom stereocenters. The SMILES string of the molecule is Cc1ccccc1OCC(=O)N[C@@H](CCC(=O)O)C(=O)O. The van der Waals surface area contributed by atoms with Crippen LogP contribution in [-0.2, 0) is 14.4 Å². The predicted octanol–water partition coefficient (Wildman–Crippen LogP) is 0.808. The zero-order valence-corrected chi connectivity index (χ0v) is 11.5. The molecule has 0 aliphatic carbocycles. The van der Waals surface area contributed by atoms with Gasteiger partial charge in [-0.25, -0.2) is 4.79 Å². The first-order valence-electron chi connectivity index (χ1n) is 6.32. The van der Waals surface area contributed by atoms with Crippen LogP contribution in [0.5, 0.6) is 5.75 Å². The molecule has 0 saturated carbocycles. The highest BCUT2D eigenvalue weighted by atomic mass is 16.5. The monoisotopic (exact) mass is 295 g/mol. The number of carboxylic acid groups (broad SMARTS) is 2. The lowest BCUT2D eigenvalue weighted by molar-refractivity contribution is -0.143. The fourth-order valence-electron chi connectivity index (χ4n) is 1.62. The molecule has 114 valence electrons. The number of benzene rings is 1. The minimum absolute atomic E-state index is 0.180. The van der Waals surface area contributed by atoms with Gasteiger partial charge in [-0.05, 0) is 25.0 Å². The minimum atomic E-state index is -1.28. The van der Waals surface area contributed by atoms with E-state index in [1.54, 1.807) is 12.1 Å². The van der Waals surface area contributed by atoms with Crippen LogP contribution in [0.4, 0.5) is 0 Å². The Bertz CT molecular complexity index is 528. The van der Waals surface area contributed by atoms with E-state index in [1.165, 1.54) is 0 Å². The maximum Gasteiger partial charge on any atom is 0.326 e. The van der Waals surface area contributed by atoms with E-state index < -0.39 is 23.9 Å². The lowest BCUT2D eigenvalue weighted by Gasteiger charge is -2.14. The van der Waals surface area contributed by atoms with Gasteiger partial charge in [-0.2, -0.15) is 0 Å². The number of amides is 1. The van der Waals surface area contributed by atoms with Crippen molar-refractivity contribution in [1.82, 2.24) is 5.32 Å². The summed E-state index contributed by atoms with van der Waals surface area (Å²) in [6.45, 7) is 1.49. The summed E-state index contributed by atoms with van der Waals surface area (Å²) in [5.41, 5.74) is 0.853. The summed E-state index contributed by atoms with van der Waals surface area (Å²) in [7, 11) is 0. The number of hydrogen-bond donors (Lipinski definition) is 3. The maximum atomic E-state index is 11.6. The summed E-state index contributed by atoms with van der Waals surface area (Å²) in [5, 5.41) is 19.7. The number of carboxylic acids is 2. The first-order chi connectivity index (χ1) is 9.90. The molecule has 0 aromatic heterocycles. The Labute approximate surface area is 121 Å². The second-order valence-corrected chi connectivity index (χ2v) is 4.44. The Balaban J connectivity index is 2.49. The number of carbonyl (C=O) groups excluding carboxylic acids is 1. The van der Waals surface area contributed by atoms with Crippen molar-refractivity contribution >= 4 is 17.8 Å². The molecule has 21 heavy (non-hydrogen) atoms. The van der Waals surface area contributed by atoms with Crippen LogP contribution in [-0.4, -0.2) is 40.7 Å². The van der Waals surface area contributed by atoms with Crippen molar-refractivity contribution in [3.05, 3.63) is 29.8 Å². The number of rotatable bonds is 8. The Morgan fingerprint density at radius 2 is 1.90 bits per heavy atom. The number of hydrogen-bond acceptors (Lipinski definition) is 4. The van der Waals surface area contributed by atoms with E-state index in [2.05, 4.69) is 5.32 Å². The van der Waals surface area contributed by atoms with Crippen molar-refractivity contribution in [2.24, 2.45) is 0 Å². The summed E-state index contributed by atoms with van der Waals surface area (Å²) in [5.74, 6) is -2.48. The first kappa shape index (κ1) is 16.5. The van der Waals surface area contributed by atoms with Gasteiger partial charge in [0.2, 0.25) is 0 Å². The largest absolute Gasteiger partial charge is 0.484 e. The van der Waals surface area contributed by atoms with Crippen molar-refractivity contribution in [2.45, 2.75) is 25.8 Å². The molecule has 1 amide bonds. The molecular weight excluding hydrogens is 278 g/mol. The maximum absolute atomic E-state index is 11.6. The zero-order valence-electron chi connectivity index (χ0n) is 11.5. The normalized spacial score (nSPS) is 11.5. The van der Waals surface area contributed by atoms with Crippen LogP contribution in [0, 0.1) is 6.92 Å². The third kappa shape index (κ3) is 5.94. The fourth-order valence-corrected chi connectivity index (χ4v) is 1.62. The number of para-hydroxylation sites is 1. The van der Waals surface area contributed by atoms with Gasteiger partial charge < -0.3 is 20.3 Å². The molecule has 3 N–H and O–H groups in total. The molecule has 0 aliphatic heterocycles. The van der Waals surface area contributed by atoms with Crippen LogP contribution in [0.1, 0.15) is 18.4 Å². The Morgan fingerprint density at radius 1 is 1.24 bits per heavy atom. The average Bonchev–Trinajstić information content (AvgIpc) is 2.42. The van der Waals surface area contributed by atoms with Crippen molar-refractivity contribution < 1.29 is 29.3 Å². The van der Waals surface area contributed by atoms with Gasteiger partial charge in [0.05, 0.1) is 0 Å². The highest BCUT2D eigenvalue weighted by Crippen LogP contribution is 2.15. The molecule has 0 spiro atoms. The molecule has 0 unspecified atom stereocenters. The molecule has 1 aromatic carbocycles. The number of carbonyl (C=O) groups is 3. The topological polar surface area (TPSA) is 113 Å². The highest BCUT2D eigenvalue weighted by molar-refractivity contribution is 5.84. The fraction of sp³-hybridized carbons (Fsp3) is 0.357. The molecular formula is C14H17NO6. The van der Waals surface area contributed by atoms with Crippen molar-refractivity contribution in [3.8, 4) is 5.75 Å². The third-order valence-corrected chi connectivity index (χ3v) is 2.73. The number of aryl methyl sites for hydroxylation is 1. The smallest absolute Gasteiger partial charge is 0.326 e. The predicted molar refractivity (Wildman–Crippen MR) is 73.1 cm³/mol.